The van der Waals surface area contributed by atoms with Gasteiger partial charge in [-0.05, 0) is 48.4 Å². The van der Waals surface area contributed by atoms with Crippen molar-refractivity contribution in [2.45, 2.75) is 78.2 Å². The fourth-order valence-corrected chi connectivity index (χ4v) is 3.73. The Kier molecular flexibility index (Phi) is 5.67. The van der Waals surface area contributed by atoms with Gasteiger partial charge in [-0.3, -0.25) is 14.9 Å². The van der Waals surface area contributed by atoms with Crippen molar-refractivity contribution in [2.24, 2.45) is 0 Å². The van der Waals surface area contributed by atoms with E-state index in [4.69, 9.17) is 0 Å². The Hall–Kier alpha value is -2.34. The second kappa shape index (κ2) is 7.17. The first-order chi connectivity index (χ1) is 13.0. The largest absolute Gasteiger partial charge is 0.507 e. The van der Waals surface area contributed by atoms with Gasteiger partial charge in [0.1, 0.15) is 5.75 Å². The quantitative estimate of drug-likeness (QED) is 0.401. The normalized spacial score (nSPS) is 18.5. The van der Waals surface area contributed by atoms with Gasteiger partial charge >= 0.3 is 6.03 Å². The van der Waals surface area contributed by atoms with Crippen LogP contribution in [-0.2, 0) is 15.6 Å². The zero-order valence-electron chi connectivity index (χ0n) is 19.0. The fraction of sp³-hybridized carbons (Fsp3) is 0.565. The minimum atomic E-state index is -0.750. The van der Waals surface area contributed by atoms with Crippen LogP contribution >= 0.6 is 0 Å². The van der Waals surface area contributed by atoms with Crippen LogP contribution in [-0.4, -0.2) is 44.8 Å². The highest BCUT2D eigenvalue weighted by Crippen LogP contribution is 2.41. The molecule has 29 heavy (non-hydrogen) atoms. The molecule has 1 aliphatic heterocycles. The summed E-state index contributed by atoms with van der Waals surface area (Å²) in [6.07, 6.45) is 2.17. The van der Waals surface area contributed by atoms with Gasteiger partial charge in [0.15, 0.2) is 0 Å². The Bertz CT molecular complexity index is 833. The minimum Gasteiger partial charge on any atom is -0.507 e. The van der Waals surface area contributed by atoms with Crippen LogP contribution in [0.2, 0.25) is 0 Å². The summed E-state index contributed by atoms with van der Waals surface area (Å²) in [5.41, 5.74) is 1.62. The molecule has 160 valence electrons. The summed E-state index contributed by atoms with van der Waals surface area (Å²) in [5.74, 6) is -0.132. The molecule has 0 radical (unpaired) electrons. The summed E-state index contributed by atoms with van der Waals surface area (Å²) in [4.78, 5) is 26.3. The maximum atomic E-state index is 13.0. The van der Waals surface area contributed by atoms with E-state index >= 15 is 0 Å². The second-order valence-electron chi connectivity index (χ2n) is 10.6. The van der Waals surface area contributed by atoms with E-state index in [1.54, 1.807) is 19.9 Å². The van der Waals surface area contributed by atoms with Gasteiger partial charge < -0.3 is 5.11 Å². The van der Waals surface area contributed by atoms with Gasteiger partial charge in [-0.1, -0.05) is 41.5 Å². The zero-order valence-corrected chi connectivity index (χ0v) is 19.0. The summed E-state index contributed by atoms with van der Waals surface area (Å²) >= 11 is 0. The van der Waals surface area contributed by atoms with E-state index in [9.17, 15) is 19.9 Å². The number of nitrogens with zero attached hydrogens (tertiary/aromatic N) is 2. The monoisotopic (exact) mass is 402 g/mol. The van der Waals surface area contributed by atoms with E-state index in [-0.39, 0.29) is 16.6 Å². The maximum absolute atomic E-state index is 13.0. The van der Waals surface area contributed by atoms with Crippen molar-refractivity contribution in [3.8, 4) is 5.75 Å². The SMILES string of the molecule is CN(O)C(=O)N1C(=O)C(=Cc2cc(C(C)(C)C)c(O)c(C(C)(C)C)c2)CC1(C)C. The number of urea groups is 1. The van der Waals surface area contributed by atoms with Gasteiger partial charge in [-0.25, -0.2) is 9.86 Å². The summed E-state index contributed by atoms with van der Waals surface area (Å²) in [6, 6.07) is 3.06. The third-order valence-electron chi connectivity index (χ3n) is 5.26. The molecule has 2 N–H and O–H groups in total. The molecule has 0 atom stereocenters. The molecule has 0 aliphatic carbocycles. The lowest BCUT2D eigenvalue weighted by Crippen LogP contribution is -2.49. The van der Waals surface area contributed by atoms with Crippen LogP contribution in [0.1, 0.15) is 78.5 Å². The molecule has 1 fully saturated rings. The molecule has 6 nitrogen and oxygen atoms in total. The smallest absolute Gasteiger partial charge is 0.350 e. The van der Waals surface area contributed by atoms with Crippen molar-refractivity contribution in [3.05, 3.63) is 34.4 Å². The number of imide groups is 1. The molecule has 1 aromatic rings. The predicted molar refractivity (Wildman–Crippen MR) is 114 cm³/mol. The number of carbonyl (C=O) groups excluding carboxylic acids is 2. The third kappa shape index (κ3) is 4.47. The van der Waals surface area contributed by atoms with Crippen molar-refractivity contribution >= 4 is 18.0 Å². The first-order valence-corrected chi connectivity index (χ1v) is 9.86. The lowest BCUT2D eigenvalue weighted by Gasteiger charge is -2.30. The molecule has 1 saturated heterocycles. The van der Waals surface area contributed by atoms with E-state index in [1.165, 1.54) is 7.05 Å². The van der Waals surface area contributed by atoms with Crippen molar-refractivity contribution < 1.29 is 19.9 Å². The number of hydroxylamine groups is 2. The van der Waals surface area contributed by atoms with Gasteiger partial charge in [0, 0.05) is 30.2 Å². The summed E-state index contributed by atoms with van der Waals surface area (Å²) in [6.45, 7) is 15.8. The molecule has 0 aromatic heterocycles. The fourth-order valence-electron chi connectivity index (χ4n) is 3.73. The zero-order chi connectivity index (χ0) is 22.5. The Morgan fingerprint density at radius 3 is 1.93 bits per heavy atom. The van der Waals surface area contributed by atoms with Crippen LogP contribution in [0.5, 0.6) is 5.75 Å². The Morgan fingerprint density at radius 1 is 1.10 bits per heavy atom. The Labute approximate surface area is 173 Å². The lowest BCUT2D eigenvalue weighted by molar-refractivity contribution is -0.128. The average Bonchev–Trinajstić information content (AvgIpc) is 2.74. The first kappa shape index (κ1) is 22.9. The highest BCUT2D eigenvalue weighted by molar-refractivity contribution is 6.09. The molecular formula is C23H34N2O4. The number of phenolic OH excluding ortho intramolecular Hbond substituents is 1. The number of amides is 3. The van der Waals surface area contributed by atoms with Crippen molar-refractivity contribution in [2.75, 3.05) is 7.05 Å². The highest BCUT2D eigenvalue weighted by atomic mass is 16.5. The van der Waals surface area contributed by atoms with Crippen LogP contribution in [0.3, 0.4) is 0 Å². The number of hydrogen-bond acceptors (Lipinski definition) is 4. The number of rotatable bonds is 1. The van der Waals surface area contributed by atoms with Gasteiger partial charge in [-0.2, -0.15) is 0 Å². The predicted octanol–water partition coefficient (Wildman–Crippen LogP) is 4.82. The average molecular weight is 403 g/mol. The molecule has 0 spiro atoms. The van der Waals surface area contributed by atoms with E-state index in [2.05, 4.69) is 0 Å². The standard InChI is InChI=1S/C23H34N2O4/c1-21(2,3)16-11-14(12-17(18(16)26)22(4,5)6)10-15-13-23(7,8)25(19(15)27)20(28)24(9)29/h10-12,26,29H,13H2,1-9H3. The van der Waals surface area contributed by atoms with Crippen molar-refractivity contribution in [1.29, 1.82) is 0 Å². The molecule has 3 amide bonds. The number of likely N-dealkylation sites (tertiary alicyclic amines) is 1. The van der Waals surface area contributed by atoms with E-state index in [0.29, 0.717) is 17.1 Å². The lowest BCUT2D eigenvalue weighted by atomic mass is 9.78. The van der Waals surface area contributed by atoms with Crippen LogP contribution in [0, 0.1) is 0 Å². The summed E-state index contributed by atoms with van der Waals surface area (Å²) in [5, 5.41) is 20.8. The maximum Gasteiger partial charge on any atom is 0.350 e. The number of phenols is 1. The second-order valence-corrected chi connectivity index (χ2v) is 10.6. The molecule has 0 saturated carbocycles. The highest BCUT2D eigenvalue weighted by Gasteiger charge is 2.46. The molecule has 1 heterocycles. The van der Waals surface area contributed by atoms with Gasteiger partial charge in [-0.15, -0.1) is 0 Å². The minimum absolute atomic E-state index is 0.279. The van der Waals surface area contributed by atoms with Crippen LogP contribution in [0.25, 0.3) is 6.08 Å². The van der Waals surface area contributed by atoms with Crippen LogP contribution in [0.15, 0.2) is 17.7 Å². The molecule has 1 aliphatic rings. The van der Waals surface area contributed by atoms with Gasteiger partial charge in [0.2, 0.25) is 0 Å². The molecule has 0 unspecified atom stereocenters. The molecule has 2 rings (SSSR count). The van der Waals surface area contributed by atoms with Gasteiger partial charge in [0.25, 0.3) is 5.91 Å². The van der Waals surface area contributed by atoms with Gasteiger partial charge in [0.05, 0.1) is 5.54 Å². The van der Waals surface area contributed by atoms with Crippen molar-refractivity contribution in [1.82, 2.24) is 9.96 Å². The molecule has 1 aromatic carbocycles. The number of carbonyl (C=O) groups is 2. The molecule has 0 bridgehead atoms. The molecular weight excluding hydrogens is 368 g/mol. The van der Waals surface area contributed by atoms with Crippen LogP contribution in [0.4, 0.5) is 4.79 Å². The number of aromatic hydroxyl groups is 1. The topological polar surface area (TPSA) is 81.1 Å². The summed E-state index contributed by atoms with van der Waals surface area (Å²) < 4.78 is 0. The molecule has 6 heteroatoms. The Morgan fingerprint density at radius 2 is 1.55 bits per heavy atom. The van der Waals surface area contributed by atoms with Crippen LogP contribution < -0.4 is 0 Å². The van der Waals surface area contributed by atoms with Crippen molar-refractivity contribution in [3.63, 3.8) is 0 Å². The Balaban J connectivity index is 2.63. The number of benzene rings is 1. The van der Waals surface area contributed by atoms with E-state index < -0.39 is 17.5 Å². The summed E-state index contributed by atoms with van der Waals surface area (Å²) in [7, 11) is 1.21. The first-order valence-electron chi connectivity index (χ1n) is 9.86. The third-order valence-corrected chi connectivity index (χ3v) is 5.26. The van der Waals surface area contributed by atoms with E-state index in [1.807, 2.05) is 53.7 Å². The number of hydrogen-bond donors (Lipinski definition) is 2. The van der Waals surface area contributed by atoms with E-state index in [0.717, 1.165) is 21.6 Å².